The predicted molar refractivity (Wildman–Crippen MR) is 92.4 cm³/mol. The molecule has 8 nitrogen and oxygen atoms in total. The second kappa shape index (κ2) is 7.25. The first-order valence-electron chi connectivity index (χ1n) is 8.09. The molecule has 1 aliphatic rings. The van der Waals surface area contributed by atoms with Gasteiger partial charge in [0, 0.05) is 44.1 Å². The highest BCUT2D eigenvalue weighted by molar-refractivity contribution is 5.78. The molecule has 0 atom stereocenters. The van der Waals surface area contributed by atoms with Crippen LogP contribution in [0.3, 0.4) is 0 Å². The van der Waals surface area contributed by atoms with Gasteiger partial charge in [0.1, 0.15) is 11.5 Å². The summed E-state index contributed by atoms with van der Waals surface area (Å²) in [5, 5.41) is 10.9. The molecular formula is C17H19N5O3. The minimum absolute atomic E-state index is 0.0212. The summed E-state index contributed by atoms with van der Waals surface area (Å²) in [5.74, 6) is 0.770. The fourth-order valence-electron chi connectivity index (χ4n) is 2.86. The van der Waals surface area contributed by atoms with Crippen molar-refractivity contribution in [2.45, 2.75) is 13.3 Å². The zero-order valence-corrected chi connectivity index (χ0v) is 14.0. The van der Waals surface area contributed by atoms with Gasteiger partial charge >= 0.3 is 0 Å². The first-order valence-corrected chi connectivity index (χ1v) is 8.09. The van der Waals surface area contributed by atoms with Crippen molar-refractivity contribution in [3.63, 3.8) is 0 Å². The average molecular weight is 341 g/mol. The van der Waals surface area contributed by atoms with Crippen molar-refractivity contribution >= 4 is 17.4 Å². The molecule has 1 aliphatic heterocycles. The average Bonchev–Trinajstić information content (AvgIpc) is 2.62. The molecule has 3 heterocycles. The molecule has 0 aromatic carbocycles. The van der Waals surface area contributed by atoms with E-state index >= 15 is 0 Å². The number of nitro groups is 1. The lowest BCUT2D eigenvalue weighted by molar-refractivity contribution is -0.385. The van der Waals surface area contributed by atoms with Crippen LogP contribution in [-0.4, -0.2) is 51.9 Å². The summed E-state index contributed by atoms with van der Waals surface area (Å²) in [4.78, 5) is 35.2. The number of aromatic nitrogens is 2. The number of piperazine rings is 1. The van der Waals surface area contributed by atoms with Crippen molar-refractivity contribution in [1.29, 1.82) is 0 Å². The topological polar surface area (TPSA) is 92.5 Å². The zero-order valence-electron chi connectivity index (χ0n) is 14.0. The molecule has 0 spiro atoms. The number of hydrogen-bond acceptors (Lipinski definition) is 6. The summed E-state index contributed by atoms with van der Waals surface area (Å²) >= 11 is 0. The SMILES string of the molecule is Cc1nc(N2CCN(C(=O)Cc3ccccn3)CC2)ccc1[N+](=O)[O-]. The van der Waals surface area contributed by atoms with Crippen LogP contribution in [0.1, 0.15) is 11.4 Å². The van der Waals surface area contributed by atoms with E-state index in [9.17, 15) is 14.9 Å². The number of nitrogens with zero attached hydrogens (tertiary/aromatic N) is 5. The van der Waals surface area contributed by atoms with Crippen LogP contribution in [-0.2, 0) is 11.2 Å². The highest BCUT2D eigenvalue weighted by Crippen LogP contribution is 2.21. The number of amides is 1. The van der Waals surface area contributed by atoms with Crippen LogP contribution < -0.4 is 4.90 Å². The molecule has 0 aliphatic carbocycles. The Bertz CT molecular complexity index is 773. The fraction of sp³-hybridized carbons (Fsp3) is 0.353. The highest BCUT2D eigenvalue weighted by atomic mass is 16.6. The van der Waals surface area contributed by atoms with Gasteiger partial charge in [0.25, 0.3) is 5.69 Å². The van der Waals surface area contributed by atoms with E-state index < -0.39 is 4.92 Å². The second-order valence-corrected chi connectivity index (χ2v) is 5.90. The van der Waals surface area contributed by atoms with Crippen LogP contribution in [0.2, 0.25) is 0 Å². The lowest BCUT2D eigenvalue weighted by Gasteiger charge is -2.35. The van der Waals surface area contributed by atoms with Gasteiger partial charge in [0.2, 0.25) is 5.91 Å². The summed E-state index contributed by atoms with van der Waals surface area (Å²) in [6.07, 6.45) is 1.98. The van der Waals surface area contributed by atoms with E-state index in [1.54, 1.807) is 19.2 Å². The Morgan fingerprint density at radius 3 is 2.56 bits per heavy atom. The highest BCUT2D eigenvalue weighted by Gasteiger charge is 2.23. The molecule has 0 saturated carbocycles. The van der Waals surface area contributed by atoms with Gasteiger partial charge in [-0.2, -0.15) is 0 Å². The Balaban J connectivity index is 1.59. The smallest absolute Gasteiger partial charge is 0.290 e. The quantitative estimate of drug-likeness (QED) is 0.619. The van der Waals surface area contributed by atoms with Gasteiger partial charge < -0.3 is 9.80 Å². The fourth-order valence-corrected chi connectivity index (χ4v) is 2.86. The summed E-state index contributed by atoms with van der Waals surface area (Å²) in [6, 6.07) is 8.69. The van der Waals surface area contributed by atoms with E-state index in [1.807, 2.05) is 28.0 Å². The van der Waals surface area contributed by atoms with E-state index in [0.29, 0.717) is 44.1 Å². The number of anilines is 1. The summed E-state index contributed by atoms with van der Waals surface area (Å²) in [7, 11) is 0. The summed E-state index contributed by atoms with van der Waals surface area (Å²) < 4.78 is 0. The number of aryl methyl sites for hydroxylation is 1. The van der Waals surface area contributed by atoms with E-state index in [4.69, 9.17) is 0 Å². The Morgan fingerprint density at radius 2 is 1.96 bits per heavy atom. The standard InChI is InChI=1S/C17H19N5O3/c1-13-15(22(24)25)5-6-16(19-13)20-8-10-21(11-9-20)17(23)12-14-4-2-3-7-18-14/h2-7H,8-12H2,1H3. The Morgan fingerprint density at radius 1 is 1.20 bits per heavy atom. The first kappa shape index (κ1) is 16.8. The number of carbonyl (C=O) groups excluding carboxylic acids is 1. The van der Waals surface area contributed by atoms with Crippen molar-refractivity contribution < 1.29 is 9.72 Å². The molecule has 2 aromatic heterocycles. The van der Waals surface area contributed by atoms with Gasteiger partial charge in [0.15, 0.2) is 0 Å². The molecule has 0 unspecified atom stereocenters. The lowest BCUT2D eigenvalue weighted by atomic mass is 10.2. The van der Waals surface area contributed by atoms with Crippen LogP contribution in [0.4, 0.5) is 11.5 Å². The van der Waals surface area contributed by atoms with Gasteiger partial charge in [-0.25, -0.2) is 4.98 Å². The first-order chi connectivity index (χ1) is 12.0. The van der Waals surface area contributed by atoms with Crippen LogP contribution in [0.25, 0.3) is 0 Å². The van der Waals surface area contributed by atoms with Gasteiger partial charge in [0.05, 0.1) is 11.3 Å². The molecular weight excluding hydrogens is 322 g/mol. The minimum atomic E-state index is -0.430. The van der Waals surface area contributed by atoms with Crippen LogP contribution in [0.5, 0.6) is 0 Å². The van der Waals surface area contributed by atoms with E-state index in [0.717, 1.165) is 5.69 Å². The van der Waals surface area contributed by atoms with Crippen molar-refractivity contribution in [3.05, 3.63) is 58.0 Å². The molecule has 130 valence electrons. The summed E-state index contributed by atoms with van der Waals surface area (Å²) in [6.45, 7) is 4.14. The van der Waals surface area contributed by atoms with Gasteiger partial charge in [-0.3, -0.25) is 19.9 Å². The Hall–Kier alpha value is -3.03. The molecule has 3 rings (SSSR count). The second-order valence-electron chi connectivity index (χ2n) is 5.90. The maximum Gasteiger partial charge on any atom is 0.290 e. The maximum absolute atomic E-state index is 12.4. The third kappa shape index (κ3) is 3.90. The molecule has 0 radical (unpaired) electrons. The van der Waals surface area contributed by atoms with Gasteiger partial charge in [-0.1, -0.05) is 6.07 Å². The zero-order chi connectivity index (χ0) is 17.8. The number of rotatable bonds is 4. The number of hydrogen-bond donors (Lipinski definition) is 0. The van der Waals surface area contributed by atoms with Crippen molar-refractivity contribution in [2.75, 3.05) is 31.1 Å². The molecule has 0 bridgehead atoms. The summed E-state index contributed by atoms with van der Waals surface area (Å²) in [5.41, 5.74) is 1.19. The normalized spacial score (nSPS) is 14.4. The van der Waals surface area contributed by atoms with Gasteiger partial charge in [-0.15, -0.1) is 0 Å². The van der Waals surface area contributed by atoms with Crippen LogP contribution >= 0.6 is 0 Å². The minimum Gasteiger partial charge on any atom is -0.353 e. The Labute approximate surface area is 145 Å². The van der Waals surface area contributed by atoms with Gasteiger partial charge in [-0.05, 0) is 25.1 Å². The van der Waals surface area contributed by atoms with E-state index in [-0.39, 0.29) is 11.6 Å². The monoisotopic (exact) mass is 341 g/mol. The van der Waals surface area contributed by atoms with Crippen LogP contribution in [0, 0.1) is 17.0 Å². The Kier molecular flexibility index (Phi) is 4.87. The third-order valence-electron chi connectivity index (χ3n) is 4.25. The molecule has 0 N–H and O–H groups in total. The lowest BCUT2D eigenvalue weighted by Crippen LogP contribution is -2.49. The molecule has 8 heteroatoms. The largest absolute Gasteiger partial charge is 0.353 e. The molecule has 1 amide bonds. The van der Waals surface area contributed by atoms with Crippen molar-refractivity contribution in [1.82, 2.24) is 14.9 Å². The molecule has 2 aromatic rings. The molecule has 25 heavy (non-hydrogen) atoms. The number of carbonyl (C=O) groups is 1. The number of pyridine rings is 2. The van der Waals surface area contributed by atoms with Crippen LogP contribution in [0.15, 0.2) is 36.5 Å². The maximum atomic E-state index is 12.4. The molecule has 1 saturated heterocycles. The van der Waals surface area contributed by atoms with Crippen molar-refractivity contribution in [3.8, 4) is 0 Å². The van der Waals surface area contributed by atoms with E-state index in [2.05, 4.69) is 9.97 Å². The molecule has 1 fully saturated rings. The predicted octanol–water partition coefficient (Wildman–Crippen LogP) is 1.58. The van der Waals surface area contributed by atoms with Crippen molar-refractivity contribution in [2.24, 2.45) is 0 Å². The third-order valence-corrected chi connectivity index (χ3v) is 4.25. The van der Waals surface area contributed by atoms with E-state index in [1.165, 1.54) is 6.07 Å².